The minimum Gasteiger partial charge on any atom is -0.508 e. The molecule has 13 heteroatoms. The van der Waals surface area contributed by atoms with Crippen molar-refractivity contribution in [1.82, 2.24) is 14.6 Å². The molecule has 2 heterocycles. The molecule has 6 N–H and O–H groups in total. The number of nitrogen functional groups attached to an aromatic ring is 1. The number of phenols is 1. The molecular formula is C24H25N5O7S. The van der Waals surface area contributed by atoms with E-state index in [1.807, 2.05) is 0 Å². The predicted molar refractivity (Wildman–Crippen MR) is 133 cm³/mol. The van der Waals surface area contributed by atoms with Gasteiger partial charge in [0.25, 0.3) is 11.8 Å². The Labute approximate surface area is 215 Å². The number of hydrogen-bond donors (Lipinski definition) is 4. The molecule has 0 bridgehead atoms. The fraction of sp³-hybridized carbons (Fsp3) is 0.250. The van der Waals surface area contributed by atoms with Crippen LogP contribution in [0.2, 0.25) is 0 Å². The maximum atomic E-state index is 13.9. The summed E-state index contributed by atoms with van der Waals surface area (Å²) < 4.78 is 19.8. The van der Waals surface area contributed by atoms with Gasteiger partial charge in [-0.3, -0.25) is 14.4 Å². The lowest BCUT2D eigenvalue weighted by molar-refractivity contribution is -0.126. The number of primary amides is 1. The summed E-state index contributed by atoms with van der Waals surface area (Å²) in [5.41, 5.74) is 12.1. The van der Waals surface area contributed by atoms with Gasteiger partial charge in [0.2, 0.25) is 12.7 Å². The van der Waals surface area contributed by atoms with Gasteiger partial charge in [0, 0.05) is 20.2 Å². The van der Waals surface area contributed by atoms with E-state index in [1.54, 1.807) is 30.3 Å². The zero-order valence-electron chi connectivity index (χ0n) is 19.8. The van der Waals surface area contributed by atoms with Crippen molar-refractivity contribution in [1.29, 1.82) is 0 Å². The number of benzene rings is 2. The van der Waals surface area contributed by atoms with Crippen molar-refractivity contribution in [2.75, 3.05) is 32.8 Å². The lowest BCUT2D eigenvalue weighted by Gasteiger charge is -2.31. The van der Waals surface area contributed by atoms with Crippen LogP contribution in [0.3, 0.4) is 0 Å². The van der Waals surface area contributed by atoms with E-state index in [0.717, 1.165) is 0 Å². The maximum Gasteiger partial charge on any atom is 0.270 e. The molecule has 3 amide bonds. The zero-order chi connectivity index (χ0) is 26.5. The van der Waals surface area contributed by atoms with Gasteiger partial charge < -0.3 is 41.0 Å². The lowest BCUT2D eigenvalue weighted by atomic mass is 10.0. The summed E-state index contributed by atoms with van der Waals surface area (Å²) in [7, 11) is 1.50. The predicted octanol–water partition coefficient (Wildman–Crippen LogP) is 1.40. The van der Waals surface area contributed by atoms with Gasteiger partial charge in [-0.2, -0.15) is 4.37 Å². The van der Waals surface area contributed by atoms with Crippen molar-refractivity contribution in [2.45, 2.75) is 12.6 Å². The number of hydrogen-bond acceptors (Lipinski definition) is 10. The fourth-order valence-electron chi connectivity index (χ4n) is 3.78. The average Bonchev–Trinajstić information content (AvgIpc) is 3.50. The van der Waals surface area contributed by atoms with E-state index in [9.17, 15) is 19.5 Å². The highest BCUT2D eigenvalue weighted by Crippen LogP contribution is 2.35. The van der Waals surface area contributed by atoms with Crippen molar-refractivity contribution in [3.8, 4) is 17.2 Å². The summed E-state index contributed by atoms with van der Waals surface area (Å²) in [6.07, 6.45) is 0. The minimum atomic E-state index is -1.14. The van der Waals surface area contributed by atoms with Crippen molar-refractivity contribution >= 4 is 34.9 Å². The SMILES string of the molecule is COCCNC(=O)[C@@H](c1ccc(O)cc1)N(Cc1ccc2c(c1)OCO2)C(=O)c1snc(C(N)=O)c1N. The number of carbonyl (C=O) groups is 3. The van der Waals surface area contributed by atoms with E-state index in [1.165, 1.54) is 24.1 Å². The molecule has 1 aliphatic heterocycles. The molecule has 1 aliphatic rings. The molecule has 0 aliphatic carbocycles. The van der Waals surface area contributed by atoms with Crippen molar-refractivity contribution < 1.29 is 33.7 Å². The number of nitrogens with one attached hydrogen (secondary N) is 1. The van der Waals surface area contributed by atoms with Gasteiger partial charge in [-0.15, -0.1) is 0 Å². The summed E-state index contributed by atoms with van der Waals surface area (Å²) in [5.74, 6) is -0.942. The second-order valence-corrected chi connectivity index (χ2v) is 8.81. The van der Waals surface area contributed by atoms with Gasteiger partial charge in [0.05, 0.1) is 12.3 Å². The number of nitrogens with two attached hydrogens (primary N) is 2. The first-order valence-corrected chi connectivity index (χ1v) is 11.9. The largest absolute Gasteiger partial charge is 0.508 e. The van der Waals surface area contributed by atoms with Gasteiger partial charge in [0.1, 0.15) is 16.7 Å². The Bertz CT molecular complexity index is 1310. The topological polar surface area (TPSA) is 179 Å². The molecule has 4 rings (SSSR count). The average molecular weight is 528 g/mol. The Morgan fingerprint density at radius 3 is 2.59 bits per heavy atom. The van der Waals surface area contributed by atoms with Crippen LogP contribution in [0.15, 0.2) is 42.5 Å². The molecule has 1 aromatic heterocycles. The summed E-state index contributed by atoms with van der Waals surface area (Å²) >= 11 is 0.716. The van der Waals surface area contributed by atoms with Crippen LogP contribution < -0.4 is 26.3 Å². The first kappa shape index (κ1) is 25.7. The molecule has 0 saturated heterocycles. The molecule has 1 atom stereocenters. The van der Waals surface area contributed by atoms with E-state index in [-0.39, 0.29) is 48.5 Å². The zero-order valence-corrected chi connectivity index (χ0v) is 20.6. The molecule has 2 aromatic carbocycles. The molecule has 0 radical (unpaired) electrons. The van der Waals surface area contributed by atoms with Crippen LogP contribution in [0.5, 0.6) is 17.2 Å². The van der Waals surface area contributed by atoms with Gasteiger partial charge in [-0.05, 0) is 46.9 Å². The maximum absolute atomic E-state index is 13.9. The molecular weight excluding hydrogens is 502 g/mol. The van der Waals surface area contributed by atoms with Crippen LogP contribution in [0.25, 0.3) is 0 Å². The van der Waals surface area contributed by atoms with Crippen LogP contribution in [0, 0.1) is 0 Å². The lowest BCUT2D eigenvalue weighted by Crippen LogP contribution is -2.44. The van der Waals surface area contributed by atoms with Crippen LogP contribution in [-0.2, 0) is 16.1 Å². The number of rotatable bonds is 10. The standard InChI is InChI=1S/C24H25N5O7S/c1-34-9-8-27-23(32)20(14-3-5-15(30)6-4-14)29(11-13-2-7-16-17(10-13)36-12-35-16)24(33)21-18(25)19(22(26)31)28-37-21/h2-7,10,20,30H,8-9,11-12,25H2,1H3,(H2,26,31)(H,27,32)/t20-/m1/s1. The highest BCUT2D eigenvalue weighted by Gasteiger charge is 2.35. The third kappa shape index (κ3) is 5.57. The quantitative estimate of drug-likeness (QED) is 0.284. The summed E-state index contributed by atoms with van der Waals surface area (Å²) in [5, 5.41) is 12.6. The number of aromatic hydroxyl groups is 1. The summed E-state index contributed by atoms with van der Waals surface area (Å²) in [4.78, 5) is 40.4. The first-order valence-electron chi connectivity index (χ1n) is 11.1. The van der Waals surface area contributed by atoms with Gasteiger partial charge in [0.15, 0.2) is 17.2 Å². The number of aromatic nitrogens is 1. The van der Waals surface area contributed by atoms with Crippen LogP contribution >= 0.6 is 11.5 Å². The van der Waals surface area contributed by atoms with Crippen molar-refractivity contribution in [2.24, 2.45) is 5.73 Å². The number of amides is 3. The van der Waals surface area contributed by atoms with Gasteiger partial charge in [-0.25, -0.2) is 0 Å². The van der Waals surface area contributed by atoms with Gasteiger partial charge >= 0.3 is 0 Å². The Morgan fingerprint density at radius 2 is 1.92 bits per heavy atom. The number of phenolic OH excluding ortho intramolecular Hbond substituents is 1. The van der Waals surface area contributed by atoms with Crippen molar-refractivity contribution in [3.63, 3.8) is 0 Å². The number of nitrogens with zero attached hydrogens (tertiary/aromatic N) is 2. The molecule has 194 valence electrons. The second-order valence-electron chi connectivity index (χ2n) is 8.04. The number of carbonyl (C=O) groups excluding carboxylic acids is 3. The Kier molecular flexibility index (Phi) is 7.74. The van der Waals surface area contributed by atoms with Crippen LogP contribution in [0.1, 0.15) is 37.3 Å². The third-order valence-electron chi connectivity index (χ3n) is 5.58. The van der Waals surface area contributed by atoms with E-state index in [0.29, 0.717) is 34.2 Å². The molecule has 0 saturated carbocycles. The molecule has 0 unspecified atom stereocenters. The number of methoxy groups -OCH3 is 1. The molecule has 0 spiro atoms. The minimum absolute atomic E-state index is 0.00580. The number of anilines is 1. The fourth-order valence-corrected chi connectivity index (χ4v) is 4.54. The summed E-state index contributed by atoms with van der Waals surface area (Å²) in [6, 6.07) is 9.94. The third-order valence-corrected chi connectivity index (χ3v) is 6.43. The second kappa shape index (κ2) is 11.1. The normalized spacial score (nSPS) is 12.7. The van der Waals surface area contributed by atoms with Crippen LogP contribution in [-0.4, -0.2) is 59.2 Å². The van der Waals surface area contributed by atoms with E-state index >= 15 is 0 Å². The monoisotopic (exact) mass is 527 g/mol. The number of ether oxygens (including phenoxy) is 3. The van der Waals surface area contributed by atoms with Crippen molar-refractivity contribution in [3.05, 3.63) is 64.2 Å². The highest BCUT2D eigenvalue weighted by molar-refractivity contribution is 7.09. The molecule has 12 nitrogen and oxygen atoms in total. The number of fused-ring (bicyclic) bond motifs is 1. The molecule has 3 aromatic rings. The Morgan fingerprint density at radius 1 is 1.19 bits per heavy atom. The van der Waals surface area contributed by atoms with Crippen LogP contribution in [0.4, 0.5) is 5.69 Å². The highest BCUT2D eigenvalue weighted by atomic mass is 32.1. The first-order chi connectivity index (χ1) is 17.8. The van der Waals surface area contributed by atoms with E-state index in [2.05, 4.69) is 9.69 Å². The smallest absolute Gasteiger partial charge is 0.270 e. The molecule has 0 fully saturated rings. The summed E-state index contributed by atoms with van der Waals surface area (Å²) in [6.45, 7) is 0.493. The Hall–Kier alpha value is -4.36. The van der Waals surface area contributed by atoms with Gasteiger partial charge in [-0.1, -0.05) is 18.2 Å². The van der Waals surface area contributed by atoms with E-state index in [4.69, 9.17) is 25.7 Å². The Balaban J connectivity index is 1.78. The van der Waals surface area contributed by atoms with E-state index < -0.39 is 23.8 Å². The molecule has 37 heavy (non-hydrogen) atoms.